The number of aliphatic imine (C=N–C) groups is 1. The van der Waals surface area contributed by atoms with Gasteiger partial charge in [0.15, 0.2) is 0 Å². The normalized spacial score (nSPS) is 13.8. The van der Waals surface area contributed by atoms with Gasteiger partial charge in [0.2, 0.25) is 11.9 Å². The van der Waals surface area contributed by atoms with Gasteiger partial charge in [-0.3, -0.25) is 10.2 Å². The van der Waals surface area contributed by atoms with Gasteiger partial charge in [-0.25, -0.2) is 4.39 Å². The minimum Gasteiger partial charge on any atom is -0.488 e. The summed E-state index contributed by atoms with van der Waals surface area (Å²) in [5.74, 6) is 0.513. The fraction of sp³-hybridized carbons (Fsp3) is 0.344. The van der Waals surface area contributed by atoms with Crippen LogP contribution in [0.3, 0.4) is 0 Å². The maximum atomic E-state index is 14.2. The molecule has 0 saturated carbocycles. The molecule has 2 heterocycles. The molecular weight excluding hydrogens is 537 g/mol. The molecular formula is C32H41FN5O4+. The summed E-state index contributed by atoms with van der Waals surface area (Å²) in [6.07, 6.45) is 3.01. The Morgan fingerprint density at radius 3 is 2.29 bits per heavy atom. The van der Waals surface area contributed by atoms with Crippen LogP contribution in [0.25, 0.3) is 5.70 Å². The van der Waals surface area contributed by atoms with E-state index in [0.29, 0.717) is 35.8 Å². The number of nitrogens with zero attached hydrogens (tertiary/aromatic N) is 3. The van der Waals surface area contributed by atoms with Gasteiger partial charge in [0.05, 0.1) is 17.3 Å². The predicted molar refractivity (Wildman–Crippen MR) is 161 cm³/mol. The Morgan fingerprint density at radius 2 is 1.67 bits per heavy atom. The van der Waals surface area contributed by atoms with Crippen LogP contribution in [0, 0.1) is 24.1 Å². The third-order valence-electron chi connectivity index (χ3n) is 5.99. The second-order valence-electron chi connectivity index (χ2n) is 8.82. The van der Waals surface area contributed by atoms with Crippen LogP contribution in [0.15, 0.2) is 71.4 Å². The first-order valence-electron chi connectivity index (χ1n) is 14.1. The molecule has 3 aromatic rings. The minimum absolute atomic E-state index is 0.00116. The Hall–Kier alpha value is -4.62. The summed E-state index contributed by atoms with van der Waals surface area (Å²) < 4.78 is 32.0. The van der Waals surface area contributed by atoms with Gasteiger partial charge < -0.3 is 25.7 Å². The Kier molecular flexibility index (Phi) is 13.8. The number of nitriles is 1. The number of benzene rings is 2. The highest BCUT2D eigenvalue weighted by Gasteiger charge is 2.16. The molecule has 1 aliphatic heterocycles. The summed E-state index contributed by atoms with van der Waals surface area (Å²) in [5.41, 5.74) is 14.6. The number of aryl methyl sites for hydroxylation is 1. The van der Waals surface area contributed by atoms with Gasteiger partial charge in [-0.2, -0.15) is 5.26 Å². The van der Waals surface area contributed by atoms with Crippen molar-refractivity contribution < 1.29 is 28.5 Å². The van der Waals surface area contributed by atoms with Gasteiger partial charge in [0, 0.05) is 49.1 Å². The van der Waals surface area contributed by atoms with E-state index in [1.165, 1.54) is 18.3 Å². The van der Waals surface area contributed by atoms with Crippen molar-refractivity contribution in [1.82, 2.24) is 0 Å². The maximum Gasteiger partial charge on any atom is 0.231 e. The second kappa shape index (κ2) is 17.3. The highest BCUT2D eigenvalue weighted by molar-refractivity contribution is 6.07. The van der Waals surface area contributed by atoms with E-state index in [1.54, 1.807) is 43.3 Å². The molecule has 4 rings (SSSR count). The van der Waals surface area contributed by atoms with E-state index in [0.717, 1.165) is 17.6 Å². The minimum atomic E-state index is -0.527. The van der Waals surface area contributed by atoms with Crippen molar-refractivity contribution in [2.75, 3.05) is 13.2 Å². The number of pyridine rings is 1. The molecule has 0 spiro atoms. The molecule has 42 heavy (non-hydrogen) atoms. The first kappa shape index (κ1) is 33.6. The molecule has 0 atom stereocenters. The molecule has 1 aromatic heterocycles. The van der Waals surface area contributed by atoms with Crippen molar-refractivity contribution in [3.8, 4) is 23.3 Å². The number of halogens is 1. The number of hydrogen-bond acceptors (Lipinski definition) is 7. The van der Waals surface area contributed by atoms with Crippen molar-refractivity contribution in [2.45, 2.75) is 60.1 Å². The largest absolute Gasteiger partial charge is 0.488 e. The Bertz CT molecular complexity index is 1400. The predicted octanol–water partition coefficient (Wildman–Crippen LogP) is 5.81. The lowest BCUT2D eigenvalue weighted by molar-refractivity contribution is -0.909. The van der Waals surface area contributed by atoms with Crippen molar-refractivity contribution in [2.24, 2.45) is 16.5 Å². The number of nitrogens with two attached hydrogens (primary N) is 2. The maximum absolute atomic E-state index is 14.2. The summed E-state index contributed by atoms with van der Waals surface area (Å²) in [7, 11) is 0. The summed E-state index contributed by atoms with van der Waals surface area (Å²) in [5, 5.41) is 19.4. The van der Waals surface area contributed by atoms with Gasteiger partial charge in [0.1, 0.15) is 47.2 Å². The van der Waals surface area contributed by atoms with E-state index in [1.807, 2.05) is 33.8 Å². The van der Waals surface area contributed by atoms with Crippen LogP contribution in [-0.4, -0.2) is 30.3 Å². The second-order valence-corrected chi connectivity index (χ2v) is 8.82. The van der Waals surface area contributed by atoms with Crippen LogP contribution >= 0.6 is 0 Å². The number of amidine groups is 1. The van der Waals surface area contributed by atoms with Crippen LogP contribution in [0.4, 0.5) is 4.39 Å². The molecule has 5 N–H and O–H groups in total. The highest BCUT2D eigenvalue weighted by Crippen LogP contribution is 2.28. The first-order chi connectivity index (χ1) is 20.3. The van der Waals surface area contributed by atoms with Gasteiger partial charge in [0.25, 0.3) is 0 Å². The van der Waals surface area contributed by atoms with Gasteiger partial charge in [-0.05, 0) is 48.7 Å². The fourth-order valence-corrected chi connectivity index (χ4v) is 3.85. The SMILES string of the molecule is CC.CC.Cc1ccc(COc2cc(F)cc(Oc3ccc(/C(N)=C(\C#N)C(N)=NC4CCOCC4)cc3)c2)c[n+]1O. The van der Waals surface area contributed by atoms with E-state index < -0.39 is 5.82 Å². The van der Waals surface area contributed by atoms with E-state index in [9.17, 15) is 14.9 Å². The van der Waals surface area contributed by atoms with E-state index in [-0.39, 0.29) is 41.3 Å². The molecule has 9 nitrogen and oxygen atoms in total. The molecule has 10 heteroatoms. The molecule has 0 unspecified atom stereocenters. The summed E-state index contributed by atoms with van der Waals surface area (Å²) in [4.78, 5) is 4.45. The van der Waals surface area contributed by atoms with Crippen LogP contribution in [0.5, 0.6) is 17.2 Å². The van der Waals surface area contributed by atoms with E-state index in [2.05, 4.69) is 11.1 Å². The van der Waals surface area contributed by atoms with Crippen LogP contribution in [0.1, 0.15) is 57.4 Å². The van der Waals surface area contributed by atoms with Crippen LogP contribution < -0.4 is 25.7 Å². The topological polar surface area (TPSA) is 140 Å². The molecule has 1 fully saturated rings. The number of aromatic nitrogens is 1. The quantitative estimate of drug-likeness (QED) is 0.101. The lowest BCUT2D eigenvalue weighted by atomic mass is 10.1. The van der Waals surface area contributed by atoms with Crippen molar-refractivity contribution in [1.29, 1.82) is 5.26 Å². The van der Waals surface area contributed by atoms with Gasteiger partial charge in [-0.15, -0.1) is 0 Å². The average Bonchev–Trinajstić information content (AvgIpc) is 3.01. The lowest BCUT2D eigenvalue weighted by Gasteiger charge is -2.19. The molecule has 0 aliphatic carbocycles. The molecule has 2 aromatic carbocycles. The van der Waals surface area contributed by atoms with Crippen molar-refractivity contribution in [3.63, 3.8) is 0 Å². The zero-order valence-electron chi connectivity index (χ0n) is 24.9. The average molecular weight is 579 g/mol. The molecule has 0 radical (unpaired) electrons. The monoisotopic (exact) mass is 578 g/mol. The van der Waals surface area contributed by atoms with Gasteiger partial charge in [-0.1, -0.05) is 27.7 Å². The Labute approximate surface area is 247 Å². The third-order valence-corrected chi connectivity index (χ3v) is 5.99. The molecule has 1 saturated heterocycles. The first-order valence-corrected chi connectivity index (χ1v) is 14.1. The van der Waals surface area contributed by atoms with Crippen molar-refractivity contribution in [3.05, 3.63) is 89.0 Å². The zero-order valence-corrected chi connectivity index (χ0v) is 24.9. The van der Waals surface area contributed by atoms with Gasteiger partial charge >= 0.3 is 0 Å². The lowest BCUT2D eigenvalue weighted by Crippen LogP contribution is -2.33. The molecule has 0 bridgehead atoms. The Morgan fingerprint density at radius 1 is 1.02 bits per heavy atom. The van der Waals surface area contributed by atoms with E-state index >= 15 is 0 Å². The standard InChI is InChI=1S/C28H29FN5O4.2C2H6/c1-18-2-3-19(16-34(18)35)17-37-24-12-21(29)13-25(14-24)38-23-6-4-20(5-7-23)27(31)26(15-30)28(32)33-22-8-10-36-11-9-22;2*1-2/h2-7,12-14,16,22,35H,8-11,17,31H2,1H3,(H2,32,33);2*1-2H3/q+1;;/b27-26-;;. The van der Waals surface area contributed by atoms with Crippen LogP contribution in [0.2, 0.25) is 0 Å². The highest BCUT2D eigenvalue weighted by atomic mass is 19.1. The van der Waals surface area contributed by atoms with E-state index in [4.69, 9.17) is 25.7 Å². The molecule has 0 amide bonds. The zero-order chi connectivity index (χ0) is 31.1. The van der Waals surface area contributed by atoms with Crippen molar-refractivity contribution >= 4 is 11.5 Å². The molecule has 1 aliphatic rings. The van der Waals surface area contributed by atoms with Crippen LogP contribution in [-0.2, 0) is 11.3 Å². The Balaban J connectivity index is 0.00000148. The number of hydrogen-bond donors (Lipinski definition) is 3. The fourth-order valence-electron chi connectivity index (χ4n) is 3.85. The summed E-state index contributed by atoms with van der Waals surface area (Å²) >= 11 is 0. The summed E-state index contributed by atoms with van der Waals surface area (Å²) in [6, 6.07) is 16.3. The smallest absolute Gasteiger partial charge is 0.231 e. The molecule has 224 valence electrons. The third kappa shape index (κ3) is 9.78. The summed E-state index contributed by atoms with van der Waals surface area (Å²) in [6.45, 7) is 11.1. The number of ether oxygens (including phenoxy) is 3. The number of rotatable bonds is 8.